The second-order valence-electron chi connectivity index (χ2n) is 6.66. The molecule has 5 nitrogen and oxygen atoms in total. The lowest BCUT2D eigenvalue weighted by Gasteiger charge is -2.33. The maximum atomic E-state index is 13.0. The zero-order valence-corrected chi connectivity index (χ0v) is 14.0. The van der Waals surface area contributed by atoms with Gasteiger partial charge in [0, 0.05) is 18.5 Å². The van der Waals surface area contributed by atoms with E-state index in [2.05, 4.69) is 10.1 Å². The van der Waals surface area contributed by atoms with E-state index in [4.69, 9.17) is 4.52 Å². The molecule has 0 saturated carbocycles. The van der Waals surface area contributed by atoms with Crippen molar-refractivity contribution in [3.8, 4) is 11.4 Å². The molecule has 1 amide bonds. The Labute approximate surface area is 140 Å². The molecule has 1 aromatic heterocycles. The van der Waals surface area contributed by atoms with Crippen molar-refractivity contribution in [3.05, 3.63) is 36.0 Å². The molecule has 1 saturated heterocycles. The van der Waals surface area contributed by atoms with Crippen LogP contribution in [0.25, 0.3) is 11.4 Å². The third-order valence-corrected chi connectivity index (χ3v) is 4.24. The molecule has 0 radical (unpaired) electrons. The first kappa shape index (κ1) is 16.6. The van der Waals surface area contributed by atoms with Gasteiger partial charge in [0.25, 0.3) is 0 Å². The molecule has 0 N–H and O–H groups in total. The summed E-state index contributed by atoms with van der Waals surface area (Å²) in [5, 5.41) is 4.00. The van der Waals surface area contributed by atoms with Crippen LogP contribution in [-0.2, 0) is 4.79 Å². The fourth-order valence-electron chi connectivity index (χ4n) is 3.04. The van der Waals surface area contributed by atoms with Gasteiger partial charge in [-0.2, -0.15) is 4.98 Å². The van der Waals surface area contributed by atoms with Crippen LogP contribution in [0.3, 0.4) is 0 Å². The highest BCUT2D eigenvalue weighted by atomic mass is 19.1. The zero-order chi connectivity index (χ0) is 17.1. The second-order valence-corrected chi connectivity index (χ2v) is 6.66. The summed E-state index contributed by atoms with van der Waals surface area (Å²) in [5.41, 5.74) is 0.697. The Morgan fingerprint density at radius 2 is 2.08 bits per heavy atom. The monoisotopic (exact) mass is 331 g/mol. The number of amides is 1. The number of piperidine rings is 1. The van der Waals surface area contributed by atoms with Gasteiger partial charge in [-0.3, -0.25) is 4.79 Å². The van der Waals surface area contributed by atoms with E-state index >= 15 is 0 Å². The van der Waals surface area contributed by atoms with Crippen molar-refractivity contribution in [1.29, 1.82) is 0 Å². The maximum absolute atomic E-state index is 13.0. The molecule has 24 heavy (non-hydrogen) atoms. The molecule has 1 fully saturated rings. The Balaban J connectivity index is 1.81. The summed E-state index contributed by atoms with van der Waals surface area (Å²) in [6.07, 6.45) is 3.38. The molecule has 2 aromatic rings. The highest BCUT2D eigenvalue weighted by molar-refractivity contribution is 5.77. The smallest absolute Gasteiger partial charge is 0.249 e. The van der Waals surface area contributed by atoms with Crippen molar-refractivity contribution >= 4 is 5.91 Å². The van der Waals surface area contributed by atoms with E-state index < -0.39 is 0 Å². The standard InChI is InChI=1S/C18H22FN3O2/c1-12(2)11-16(23)22-10-4-3-5-15(22)18-20-17(21-24-18)13-6-8-14(19)9-7-13/h6-9,12,15H,3-5,10-11H2,1-2H3. The molecular weight excluding hydrogens is 309 g/mol. The molecule has 0 aliphatic carbocycles. The first-order valence-electron chi connectivity index (χ1n) is 8.43. The van der Waals surface area contributed by atoms with E-state index in [9.17, 15) is 9.18 Å². The maximum Gasteiger partial charge on any atom is 0.249 e. The van der Waals surface area contributed by atoms with Crippen LogP contribution in [0.5, 0.6) is 0 Å². The second kappa shape index (κ2) is 7.11. The summed E-state index contributed by atoms with van der Waals surface area (Å²) in [4.78, 5) is 18.8. The fraction of sp³-hybridized carbons (Fsp3) is 0.500. The van der Waals surface area contributed by atoms with E-state index in [-0.39, 0.29) is 17.8 Å². The zero-order valence-electron chi connectivity index (χ0n) is 14.0. The van der Waals surface area contributed by atoms with Crippen LogP contribution < -0.4 is 0 Å². The molecule has 2 heterocycles. The molecule has 3 rings (SSSR count). The number of benzene rings is 1. The van der Waals surface area contributed by atoms with Gasteiger partial charge in [0.05, 0.1) is 0 Å². The van der Waals surface area contributed by atoms with Crippen LogP contribution in [0.15, 0.2) is 28.8 Å². The Morgan fingerprint density at radius 3 is 2.79 bits per heavy atom. The van der Waals surface area contributed by atoms with Gasteiger partial charge in [0.15, 0.2) is 0 Å². The van der Waals surface area contributed by atoms with Crippen LogP contribution in [0.2, 0.25) is 0 Å². The van der Waals surface area contributed by atoms with Gasteiger partial charge in [-0.15, -0.1) is 0 Å². The number of rotatable bonds is 4. The number of carbonyl (C=O) groups excluding carboxylic acids is 1. The minimum atomic E-state index is -0.305. The van der Waals surface area contributed by atoms with Crippen LogP contribution in [0.4, 0.5) is 4.39 Å². The number of nitrogens with zero attached hydrogens (tertiary/aromatic N) is 3. The van der Waals surface area contributed by atoms with Gasteiger partial charge in [0.2, 0.25) is 17.6 Å². The van der Waals surface area contributed by atoms with E-state index in [1.807, 2.05) is 18.7 Å². The molecule has 1 aliphatic heterocycles. The number of carbonyl (C=O) groups is 1. The summed E-state index contributed by atoms with van der Waals surface area (Å²) in [6, 6.07) is 5.81. The Kier molecular flexibility index (Phi) is 4.92. The Hall–Kier alpha value is -2.24. The predicted molar refractivity (Wildman–Crippen MR) is 87.5 cm³/mol. The van der Waals surface area contributed by atoms with E-state index in [0.29, 0.717) is 29.6 Å². The topological polar surface area (TPSA) is 59.2 Å². The molecular formula is C18H22FN3O2. The van der Waals surface area contributed by atoms with Crippen LogP contribution in [-0.4, -0.2) is 27.5 Å². The summed E-state index contributed by atoms with van der Waals surface area (Å²) in [5.74, 6) is 1.03. The normalized spacial score (nSPS) is 18.2. The number of hydrogen-bond donors (Lipinski definition) is 0. The summed E-state index contributed by atoms with van der Waals surface area (Å²) in [7, 11) is 0. The summed E-state index contributed by atoms with van der Waals surface area (Å²) >= 11 is 0. The Morgan fingerprint density at radius 1 is 1.33 bits per heavy atom. The molecule has 0 spiro atoms. The summed E-state index contributed by atoms with van der Waals surface area (Å²) in [6.45, 7) is 4.80. The van der Waals surface area contributed by atoms with E-state index in [1.54, 1.807) is 12.1 Å². The molecule has 1 atom stereocenters. The van der Waals surface area contributed by atoms with Crippen molar-refractivity contribution in [2.24, 2.45) is 5.92 Å². The van der Waals surface area contributed by atoms with Crippen molar-refractivity contribution in [3.63, 3.8) is 0 Å². The third-order valence-electron chi connectivity index (χ3n) is 4.24. The summed E-state index contributed by atoms with van der Waals surface area (Å²) < 4.78 is 18.5. The van der Waals surface area contributed by atoms with Gasteiger partial charge in [-0.05, 0) is 49.4 Å². The van der Waals surface area contributed by atoms with Gasteiger partial charge >= 0.3 is 0 Å². The first-order chi connectivity index (χ1) is 11.5. The molecule has 0 bridgehead atoms. The van der Waals surface area contributed by atoms with E-state index in [0.717, 1.165) is 25.8 Å². The number of likely N-dealkylation sites (tertiary alicyclic amines) is 1. The van der Waals surface area contributed by atoms with Crippen molar-refractivity contribution in [1.82, 2.24) is 15.0 Å². The molecule has 1 aliphatic rings. The van der Waals surface area contributed by atoms with Gasteiger partial charge in [-0.1, -0.05) is 19.0 Å². The van der Waals surface area contributed by atoms with Gasteiger partial charge < -0.3 is 9.42 Å². The number of hydrogen-bond acceptors (Lipinski definition) is 4. The first-order valence-corrected chi connectivity index (χ1v) is 8.43. The Bertz CT molecular complexity index is 697. The lowest BCUT2D eigenvalue weighted by Crippen LogP contribution is -2.39. The van der Waals surface area contributed by atoms with Crippen molar-refractivity contribution < 1.29 is 13.7 Å². The average molecular weight is 331 g/mol. The quantitative estimate of drug-likeness (QED) is 0.850. The molecule has 128 valence electrons. The predicted octanol–water partition coefficient (Wildman–Crippen LogP) is 3.98. The lowest BCUT2D eigenvalue weighted by molar-refractivity contribution is -0.136. The SMILES string of the molecule is CC(C)CC(=O)N1CCCCC1c1nc(-c2ccc(F)cc2)no1. The highest BCUT2D eigenvalue weighted by Crippen LogP contribution is 2.32. The minimum absolute atomic E-state index is 0.135. The fourth-order valence-corrected chi connectivity index (χ4v) is 3.04. The number of aromatic nitrogens is 2. The third kappa shape index (κ3) is 3.63. The molecule has 6 heteroatoms. The van der Waals surface area contributed by atoms with Gasteiger partial charge in [-0.25, -0.2) is 4.39 Å². The lowest BCUT2D eigenvalue weighted by atomic mass is 10.00. The highest BCUT2D eigenvalue weighted by Gasteiger charge is 2.32. The van der Waals surface area contributed by atoms with Gasteiger partial charge in [0.1, 0.15) is 11.9 Å². The van der Waals surface area contributed by atoms with Crippen LogP contribution in [0.1, 0.15) is 51.5 Å². The average Bonchev–Trinajstić information content (AvgIpc) is 3.05. The van der Waals surface area contributed by atoms with Crippen LogP contribution in [0, 0.1) is 11.7 Å². The minimum Gasteiger partial charge on any atom is -0.337 e. The van der Waals surface area contributed by atoms with Crippen LogP contribution >= 0.6 is 0 Å². The van der Waals surface area contributed by atoms with Crippen molar-refractivity contribution in [2.45, 2.75) is 45.6 Å². The molecule has 1 aromatic carbocycles. The largest absolute Gasteiger partial charge is 0.337 e. The van der Waals surface area contributed by atoms with Crippen molar-refractivity contribution in [2.75, 3.05) is 6.54 Å². The number of halogens is 1. The van der Waals surface area contributed by atoms with E-state index in [1.165, 1.54) is 12.1 Å². The molecule has 1 unspecified atom stereocenters.